The summed E-state index contributed by atoms with van der Waals surface area (Å²) in [6.45, 7) is 7.17. The molecular weight excluding hydrogens is 428 g/mol. The van der Waals surface area contributed by atoms with Crippen molar-refractivity contribution >= 4 is 17.8 Å². The topological polar surface area (TPSA) is 89.5 Å². The summed E-state index contributed by atoms with van der Waals surface area (Å²) in [5.41, 5.74) is 0.819. The van der Waals surface area contributed by atoms with E-state index >= 15 is 0 Å². The molecule has 0 aromatic heterocycles. The fraction of sp³-hybridized carbons (Fsp3) is 0.520. The lowest BCUT2D eigenvalue weighted by atomic mass is 9.99. The molecule has 0 amide bonds. The van der Waals surface area contributed by atoms with Crippen molar-refractivity contribution in [1.29, 1.82) is 0 Å². The van der Waals surface area contributed by atoms with Crippen molar-refractivity contribution in [3.05, 3.63) is 41.5 Å². The molecular formula is C25H32O8. The van der Waals surface area contributed by atoms with E-state index in [-0.39, 0.29) is 29.8 Å². The number of hydrogen-bond donors (Lipinski definition) is 0. The van der Waals surface area contributed by atoms with Crippen LogP contribution in [0.1, 0.15) is 50.0 Å². The lowest BCUT2D eigenvalue weighted by Crippen LogP contribution is -2.30. The quantitative estimate of drug-likeness (QED) is 0.493. The van der Waals surface area contributed by atoms with Crippen LogP contribution in [0.2, 0.25) is 0 Å². The average Bonchev–Trinajstić information content (AvgIpc) is 3.08. The largest absolute Gasteiger partial charge is 0.497 e. The summed E-state index contributed by atoms with van der Waals surface area (Å²) in [4.78, 5) is 26.0. The summed E-state index contributed by atoms with van der Waals surface area (Å²) >= 11 is 0. The Hall–Kier alpha value is -2.68. The molecule has 8 heteroatoms. The molecule has 0 spiro atoms. The summed E-state index contributed by atoms with van der Waals surface area (Å²) in [7, 11) is 3.03. The van der Waals surface area contributed by atoms with E-state index in [9.17, 15) is 9.59 Å². The molecule has 33 heavy (non-hydrogen) atoms. The minimum absolute atomic E-state index is 0.0442. The molecule has 0 bridgehead atoms. The highest BCUT2D eigenvalue weighted by atomic mass is 16.8. The number of cyclic esters (lactones) is 1. The molecule has 0 saturated carbocycles. The Morgan fingerprint density at radius 3 is 2.55 bits per heavy atom. The number of rotatable bonds is 4. The summed E-state index contributed by atoms with van der Waals surface area (Å²) in [6.07, 6.45) is 5.54. The van der Waals surface area contributed by atoms with E-state index in [2.05, 4.69) is 0 Å². The van der Waals surface area contributed by atoms with Gasteiger partial charge in [-0.05, 0) is 44.9 Å². The summed E-state index contributed by atoms with van der Waals surface area (Å²) in [6, 6.07) is 3.35. The number of carbonyl (C=O) groups excluding carboxylic acids is 2. The third kappa shape index (κ3) is 6.01. The number of benzene rings is 1. The third-order valence-electron chi connectivity index (χ3n) is 5.61. The van der Waals surface area contributed by atoms with Crippen LogP contribution in [0, 0.1) is 5.92 Å². The Balaban J connectivity index is 2.07. The monoisotopic (exact) mass is 460 g/mol. The van der Waals surface area contributed by atoms with Crippen molar-refractivity contribution in [2.24, 2.45) is 5.92 Å². The molecule has 0 N–H and O–H groups in total. The highest BCUT2D eigenvalue weighted by Gasteiger charge is 2.43. The van der Waals surface area contributed by atoms with Crippen LogP contribution in [0.5, 0.6) is 11.5 Å². The normalized spacial score (nSPS) is 29.3. The van der Waals surface area contributed by atoms with Crippen molar-refractivity contribution < 1.29 is 38.0 Å². The zero-order chi connectivity index (χ0) is 24.2. The predicted octanol–water partition coefficient (Wildman–Crippen LogP) is 3.92. The summed E-state index contributed by atoms with van der Waals surface area (Å²) in [5.74, 6) is -1.01. The van der Waals surface area contributed by atoms with E-state index in [4.69, 9.17) is 28.4 Å². The van der Waals surface area contributed by atoms with Crippen LogP contribution in [0.15, 0.2) is 30.4 Å². The van der Waals surface area contributed by atoms with Gasteiger partial charge in [-0.2, -0.15) is 0 Å². The van der Waals surface area contributed by atoms with Gasteiger partial charge in [-0.3, -0.25) is 4.79 Å². The van der Waals surface area contributed by atoms with Crippen LogP contribution in [0.4, 0.5) is 0 Å². The number of ketones is 1. The molecule has 0 aliphatic carbocycles. The van der Waals surface area contributed by atoms with Gasteiger partial charge in [0.25, 0.3) is 0 Å². The Bertz CT molecular complexity index is 933. The van der Waals surface area contributed by atoms with Crippen molar-refractivity contribution in [2.45, 2.75) is 58.2 Å². The van der Waals surface area contributed by atoms with Gasteiger partial charge < -0.3 is 28.4 Å². The number of ether oxygens (including phenoxy) is 6. The summed E-state index contributed by atoms with van der Waals surface area (Å²) < 4.78 is 33.7. The molecule has 0 unspecified atom stereocenters. The molecule has 1 saturated heterocycles. The minimum Gasteiger partial charge on any atom is -0.497 e. The standard InChI is InChI=1S/C25H32O8/c1-15-10-11-19(26)23-20(32-25(3,4)33-23)9-7-8-17-12-18(29-6)13-21(30-14-28-5)22(17)24(27)31-16(15)2/h7-8,10-13,15-16,20,23H,9,14H2,1-6H3/b8-7+,11-10-/t15-,16+,20+,23-/m1/s1. The molecule has 8 nitrogen and oxygen atoms in total. The van der Waals surface area contributed by atoms with E-state index in [1.54, 1.807) is 45.1 Å². The second-order valence-corrected chi connectivity index (χ2v) is 8.60. The van der Waals surface area contributed by atoms with Crippen LogP contribution in [-0.4, -0.2) is 56.9 Å². The molecule has 180 valence electrons. The second-order valence-electron chi connectivity index (χ2n) is 8.60. The molecule has 2 aliphatic heterocycles. The number of methoxy groups -OCH3 is 2. The molecule has 3 rings (SSSR count). The first-order chi connectivity index (χ1) is 15.6. The maximum Gasteiger partial charge on any atom is 0.342 e. The first-order valence-corrected chi connectivity index (χ1v) is 10.9. The molecule has 0 radical (unpaired) electrons. The van der Waals surface area contributed by atoms with Gasteiger partial charge in [0.2, 0.25) is 0 Å². The average molecular weight is 461 g/mol. The van der Waals surface area contributed by atoms with E-state index in [1.165, 1.54) is 20.3 Å². The number of hydrogen-bond acceptors (Lipinski definition) is 8. The lowest BCUT2D eigenvalue weighted by molar-refractivity contribution is -0.152. The van der Waals surface area contributed by atoms with Crippen molar-refractivity contribution in [2.75, 3.05) is 21.0 Å². The van der Waals surface area contributed by atoms with Crippen LogP contribution in [-0.2, 0) is 23.7 Å². The SMILES string of the molecule is COCOc1cc(OC)cc2c1C(=O)O[C@@H](C)[C@H](C)/C=C\C(=O)[C@H]1OC(C)(C)O[C@H]1C/C=C/2. The Morgan fingerprint density at radius 2 is 1.85 bits per heavy atom. The van der Waals surface area contributed by atoms with Crippen LogP contribution < -0.4 is 9.47 Å². The number of carbonyl (C=O) groups is 2. The van der Waals surface area contributed by atoms with Crippen LogP contribution in [0.3, 0.4) is 0 Å². The Labute approximate surface area is 194 Å². The van der Waals surface area contributed by atoms with Gasteiger partial charge in [0.15, 0.2) is 18.4 Å². The minimum atomic E-state index is -0.874. The Kier molecular flexibility index (Phi) is 7.94. The van der Waals surface area contributed by atoms with E-state index < -0.39 is 30.1 Å². The lowest BCUT2D eigenvalue weighted by Gasteiger charge is -2.21. The first-order valence-electron chi connectivity index (χ1n) is 10.9. The summed E-state index contributed by atoms with van der Waals surface area (Å²) in [5, 5.41) is 0. The maximum absolute atomic E-state index is 13.2. The molecule has 1 aromatic carbocycles. The fourth-order valence-electron chi connectivity index (χ4n) is 3.73. The van der Waals surface area contributed by atoms with Gasteiger partial charge in [-0.15, -0.1) is 0 Å². The van der Waals surface area contributed by atoms with Gasteiger partial charge in [0.05, 0.1) is 13.2 Å². The third-order valence-corrected chi connectivity index (χ3v) is 5.61. The van der Waals surface area contributed by atoms with Gasteiger partial charge in [0.1, 0.15) is 29.3 Å². The molecule has 1 fully saturated rings. The van der Waals surface area contributed by atoms with E-state index in [0.717, 1.165) is 0 Å². The van der Waals surface area contributed by atoms with Gasteiger partial charge >= 0.3 is 5.97 Å². The number of fused-ring (bicyclic) bond motifs is 2. The van der Waals surface area contributed by atoms with Crippen molar-refractivity contribution in [1.82, 2.24) is 0 Å². The van der Waals surface area contributed by atoms with E-state index in [1.807, 2.05) is 13.0 Å². The van der Waals surface area contributed by atoms with Gasteiger partial charge in [0, 0.05) is 19.1 Å². The van der Waals surface area contributed by atoms with Crippen LogP contribution >= 0.6 is 0 Å². The van der Waals surface area contributed by atoms with Gasteiger partial charge in [-0.1, -0.05) is 25.2 Å². The number of esters is 1. The smallest absolute Gasteiger partial charge is 0.342 e. The van der Waals surface area contributed by atoms with E-state index in [0.29, 0.717) is 17.7 Å². The fourth-order valence-corrected chi connectivity index (χ4v) is 3.73. The van der Waals surface area contributed by atoms with Crippen molar-refractivity contribution in [3.63, 3.8) is 0 Å². The maximum atomic E-state index is 13.2. The van der Waals surface area contributed by atoms with Crippen LogP contribution in [0.25, 0.3) is 6.08 Å². The molecule has 1 aromatic rings. The zero-order valence-electron chi connectivity index (χ0n) is 20.0. The van der Waals surface area contributed by atoms with Crippen molar-refractivity contribution in [3.8, 4) is 11.5 Å². The van der Waals surface area contributed by atoms with Gasteiger partial charge in [-0.25, -0.2) is 4.79 Å². The highest BCUT2D eigenvalue weighted by Crippen LogP contribution is 2.34. The molecule has 4 atom stereocenters. The molecule has 2 heterocycles. The second kappa shape index (κ2) is 10.5. The zero-order valence-corrected chi connectivity index (χ0v) is 20.0. The predicted molar refractivity (Wildman–Crippen MR) is 121 cm³/mol. The highest BCUT2D eigenvalue weighted by molar-refractivity contribution is 5.97. The first kappa shape index (κ1) is 25.0. The Morgan fingerprint density at radius 1 is 1.09 bits per heavy atom. The molecule has 2 aliphatic rings.